The van der Waals surface area contributed by atoms with Crippen LogP contribution in [0.3, 0.4) is 0 Å². The Morgan fingerprint density at radius 1 is 1.38 bits per heavy atom. The fourth-order valence-electron chi connectivity index (χ4n) is 2.74. The average molecular weight is 317 g/mol. The van der Waals surface area contributed by atoms with Crippen molar-refractivity contribution in [2.45, 2.75) is 62.8 Å². The SMILES string of the molecule is C=C[C@@H]1[C@@H](CCCCCCCC)OC(=O)[C@]1(Cl)C(=O)OC. The van der Waals surface area contributed by atoms with Crippen LogP contribution in [0.1, 0.15) is 51.9 Å². The van der Waals surface area contributed by atoms with Crippen LogP contribution >= 0.6 is 11.6 Å². The smallest absolute Gasteiger partial charge is 0.339 e. The lowest BCUT2D eigenvalue weighted by Crippen LogP contribution is -2.44. The minimum Gasteiger partial charge on any atom is -0.467 e. The number of esters is 2. The van der Waals surface area contributed by atoms with E-state index in [1.807, 2.05) is 0 Å². The number of hydrogen-bond donors (Lipinski definition) is 0. The molecule has 5 heteroatoms. The summed E-state index contributed by atoms with van der Waals surface area (Å²) in [5.74, 6) is -2.05. The van der Waals surface area contributed by atoms with Crippen molar-refractivity contribution in [1.82, 2.24) is 0 Å². The van der Waals surface area contributed by atoms with Crippen molar-refractivity contribution in [2.24, 2.45) is 5.92 Å². The zero-order valence-corrected chi connectivity index (χ0v) is 13.7. The van der Waals surface area contributed by atoms with Gasteiger partial charge in [0.2, 0.25) is 4.87 Å². The van der Waals surface area contributed by atoms with Gasteiger partial charge in [-0.1, -0.05) is 56.7 Å². The Labute approximate surface area is 131 Å². The van der Waals surface area contributed by atoms with Gasteiger partial charge >= 0.3 is 11.9 Å². The average Bonchev–Trinajstić information content (AvgIpc) is 2.73. The van der Waals surface area contributed by atoms with Crippen LogP contribution in [-0.2, 0) is 19.1 Å². The molecule has 120 valence electrons. The van der Waals surface area contributed by atoms with Crippen LogP contribution in [0.5, 0.6) is 0 Å². The highest BCUT2D eigenvalue weighted by atomic mass is 35.5. The van der Waals surface area contributed by atoms with Crippen LogP contribution in [0.4, 0.5) is 0 Å². The maximum Gasteiger partial charge on any atom is 0.339 e. The number of methoxy groups -OCH3 is 1. The normalized spacial score (nSPS) is 28.2. The van der Waals surface area contributed by atoms with Gasteiger partial charge in [-0.15, -0.1) is 6.58 Å². The van der Waals surface area contributed by atoms with E-state index < -0.39 is 28.8 Å². The van der Waals surface area contributed by atoms with Gasteiger partial charge in [-0.2, -0.15) is 0 Å². The van der Waals surface area contributed by atoms with Gasteiger partial charge in [-0.05, 0) is 12.8 Å². The van der Waals surface area contributed by atoms with E-state index in [4.69, 9.17) is 16.3 Å². The highest BCUT2D eigenvalue weighted by Crippen LogP contribution is 2.41. The number of hydrogen-bond acceptors (Lipinski definition) is 4. The molecule has 0 aliphatic carbocycles. The molecule has 1 heterocycles. The third kappa shape index (κ3) is 4.00. The third-order valence-electron chi connectivity index (χ3n) is 3.99. The molecule has 1 saturated heterocycles. The number of ether oxygens (including phenoxy) is 2. The first-order chi connectivity index (χ1) is 10.0. The summed E-state index contributed by atoms with van der Waals surface area (Å²) < 4.78 is 9.93. The Hall–Kier alpha value is -1.03. The number of halogens is 1. The molecule has 1 aliphatic heterocycles. The topological polar surface area (TPSA) is 52.6 Å². The minimum absolute atomic E-state index is 0.391. The van der Waals surface area contributed by atoms with E-state index in [-0.39, 0.29) is 0 Å². The summed E-state index contributed by atoms with van der Waals surface area (Å²) in [6.07, 6.45) is 8.73. The van der Waals surface area contributed by atoms with Crippen LogP contribution in [-0.4, -0.2) is 30.0 Å². The van der Waals surface area contributed by atoms with Crippen molar-refractivity contribution in [2.75, 3.05) is 7.11 Å². The maximum absolute atomic E-state index is 11.9. The van der Waals surface area contributed by atoms with Gasteiger partial charge in [-0.3, -0.25) is 0 Å². The monoisotopic (exact) mass is 316 g/mol. The Balaban J connectivity index is 2.55. The Morgan fingerprint density at radius 3 is 2.57 bits per heavy atom. The van der Waals surface area contributed by atoms with Crippen LogP contribution < -0.4 is 0 Å². The molecule has 0 amide bonds. The molecular weight excluding hydrogens is 292 g/mol. The molecule has 21 heavy (non-hydrogen) atoms. The molecule has 0 saturated carbocycles. The Kier molecular flexibility index (Phi) is 7.23. The molecule has 0 unspecified atom stereocenters. The van der Waals surface area contributed by atoms with E-state index in [1.165, 1.54) is 38.9 Å². The predicted octanol–water partition coefficient (Wildman–Crippen LogP) is 3.62. The highest BCUT2D eigenvalue weighted by molar-refractivity contribution is 6.45. The molecule has 1 fully saturated rings. The molecule has 1 rings (SSSR count). The van der Waals surface area contributed by atoms with Crippen molar-refractivity contribution in [3.63, 3.8) is 0 Å². The number of cyclic esters (lactones) is 1. The predicted molar refractivity (Wildman–Crippen MR) is 82.2 cm³/mol. The summed E-state index contributed by atoms with van der Waals surface area (Å²) in [4.78, 5) is 22.0. The molecule has 4 nitrogen and oxygen atoms in total. The van der Waals surface area contributed by atoms with Gasteiger partial charge in [0.05, 0.1) is 13.0 Å². The first-order valence-corrected chi connectivity index (χ1v) is 8.01. The largest absolute Gasteiger partial charge is 0.467 e. The van der Waals surface area contributed by atoms with Crippen molar-refractivity contribution in [3.8, 4) is 0 Å². The molecule has 0 N–H and O–H groups in total. The molecule has 0 spiro atoms. The van der Waals surface area contributed by atoms with E-state index in [2.05, 4.69) is 18.2 Å². The zero-order chi connectivity index (χ0) is 15.9. The second-order valence-electron chi connectivity index (χ2n) is 5.47. The quantitative estimate of drug-likeness (QED) is 0.214. The molecule has 0 aromatic carbocycles. The highest BCUT2D eigenvalue weighted by Gasteiger charge is 2.61. The lowest BCUT2D eigenvalue weighted by molar-refractivity contribution is -0.153. The van der Waals surface area contributed by atoms with Crippen molar-refractivity contribution in [1.29, 1.82) is 0 Å². The standard InChI is InChI=1S/C16H25ClO4/c1-4-6-7-8-9-10-11-13-12(5-2)16(17,14(18)20-3)15(19)21-13/h5,12-13H,2,4,6-11H2,1,3H3/t12-,13-,16-/m1/s1. The number of carbonyl (C=O) groups excluding carboxylic acids is 2. The van der Waals surface area contributed by atoms with Gasteiger partial charge < -0.3 is 9.47 Å². The second-order valence-corrected chi connectivity index (χ2v) is 6.06. The molecule has 0 radical (unpaired) electrons. The lowest BCUT2D eigenvalue weighted by atomic mass is 9.87. The van der Waals surface area contributed by atoms with Crippen LogP contribution in [0, 0.1) is 5.92 Å². The summed E-state index contributed by atoms with van der Waals surface area (Å²) in [7, 11) is 1.21. The molecule has 1 aliphatic rings. The number of unbranched alkanes of at least 4 members (excludes halogenated alkanes) is 5. The molecular formula is C16H25ClO4. The fraction of sp³-hybridized carbons (Fsp3) is 0.750. The maximum atomic E-state index is 11.9. The number of carbonyl (C=O) groups is 2. The van der Waals surface area contributed by atoms with Gasteiger partial charge in [0, 0.05) is 0 Å². The Morgan fingerprint density at radius 2 is 2.00 bits per heavy atom. The summed E-state index contributed by atoms with van der Waals surface area (Å²) in [6.45, 7) is 5.86. The van der Waals surface area contributed by atoms with Gasteiger partial charge in [0.25, 0.3) is 0 Å². The van der Waals surface area contributed by atoms with E-state index in [0.29, 0.717) is 6.42 Å². The first-order valence-electron chi connectivity index (χ1n) is 7.63. The molecule has 0 aromatic heterocycles. The molecule has 3 atom stereocenters. The van der Waals surface area contributed by atoms with Crippen molar-refractivity contribution < 1.29 is 19.1 Å². The van der Waals surface area contributed by atoms with Crippen LogP contribution in [0.2, 0.25) is 0 Å². The molecule has 0 aromatic rings. The Bertz CT molecular complexity index is 382. The number of alkyl halides is 1. The van der Waals surface area contributed by atoms with E-state index >= 15 is 0 Å². The van der Waals surface area contributed by atoms with Crippen LogP contribution in [0.25, 0.3) is 0 Å². The minimum atomic E-state index is -1.77. The van der Waals surface area contributed by atoms with Gasteiger partial charge in [0.1, 0.15) is 6.10 Å². The van der Waals surface area contributed by atoms with Crippen molar-refractivity contribution >= 4 is 23.5 Å². The second kappa shape index (κ2) is 8.42. The summed E-state index contributed by atoms with van der Waals surface area (Å²) in [5.41, 5.74) is 0. The number of rotatable bonds is 9. The summed E-state index contributed by atoms with van der Waals surface area (Å²) >= 11 is 6.19. The van der Waals surface area contributed by atoms with Gasteiger partial charge in [-0.25, -0.2) is 9.59 Å². The summed E-state index contributed by atoms with van der Waals surface area (Å²) in [6, 6.07) is 0. The summed E-state index contributed by atoms with van der Waals surface area (Å²) in [5, 5.41) is 0. The lowest BCUT2D eigenvalue weighted by Gasteiger charge is -2.21. The zero-order valence-electron chi connectivity index (χ0n) is 12.9. The van der Waals surface area contributed by atoms with E-state index in [9.17, 15) is 9.59 Å². The molecule has 0 bridgehead atoms. The van der Waals surface area contributed by atoms with E-state index in [0.717, 1.165) is 12.8 Å². The third-order valence-corrected chi connectivity index (χ3v) is 4.55. The van der Waals surface area contributed by atoms with E-state index in [1.54, 1.807) is 0 Å². The first kappa shape index (κ1) is 18.0. The van der Waals surface area contributed by atoms with Crippen LogP contribution in [0.15, 0.2) is 12.7 Å². The van der Waals surface area contributed by atoms with Gasteiger partial charge in [0.15, 0.2) is 0 Å². The fourth-order valence-corrected chi connectivity index (χ4v) is 3.09. The van der Waals surface area contributed by atoms with Crippen molar-refractivity contribution in [3.05, 3.63) is 12.7 Å².